The summed E-state index contributed by atoms with van der Waals surface area (Å²) >= 11 is 0. The van der Waals surface area contributed by atoms with Crippen molar-refractivity contribution in [2.75, 3.05) is 0 Å². The van der Waals surface area contributed by atoms with Crippen LogP contribution in [0.5, 0.6) is 0 Å². The number of hydrogen-bond acceptors (Lipinski definition) is 4. The molecule has 9 heteroatoms. The summed E-state index contributed by atoms with van der Waals surface area (Å²) in [7, 11) is 0. The maximum atomic E-state index is 12.7. The third kappa shape index (κ3) is 6.08. The lowest BCUT2D eigenvalue weighted by atomic mass is 9.99. The molecular formula is C25H21F3N2O4. The number of aliphatic hydroxyl groups is 1. The van der Waals surface area contributed by atoms with Gasteiger partial charge in [0.15, 0.2) is 11.9 Å². The van der Waals surface area contributed by atoms with Crippen molar-refractivity contribution in [3.63, 3.8) is 0 Å². The van der Waals surface area contributed by atoms with Crippen LogP contribution in [0, 0.1) is 0 Å². The quantitative estimate of drug-likeness (QED) is 0.439. The van der Waals surface area contributed by atoms with E-state index in [1.807, 2.05) is 0 Å². The maximum Gasteiger partial charge on any atom is 0.416 e. The molecule has 3 rings (SSSR count). The van der Waals surface area contributed by atoms with Gasteiger partial charge in [-0.1, -0.05) is 66.7 Å². The predicted octanol–water partition coefficient (Wildman–Crippen LogP) is 3.18. The topological polar surface area (TPSA) is 109 Å². The lowest BCUT2D eigenvalue weighted by Gasteiger charge is -2.19. The summed E-state index contributed by atoms with van der Waals surface area (Å²) in [6.45, 7) is 0. The zero-order valence-electron chi connectivity index (χ0n) is 17.8. The van der Waals surface area contributed by atoms with Crippen molar-refractivity contribution < 1.29 is 32.7 Å². The van der Waals surface area contributed by atoms with Gasteiger partial charge in [0, 0.05) is 17.5 Å². The molecule has 0 fully saturated rings. The number of amides is 2. The average molecular weight is 470 g/mol. The molecule has 176 valence electrons. The van der Waals surface area contributed by atoms with Gasteiger partial charge < -0.3 is 16.2 Å². The number of primary amides is 1. The molecular weight excluding hydrogens is 449 g/mol. The van der Waals surface area contributed by atoms with Gasteiger partial charge in [-0.15, -0.1) is 0 Å². The smallest absolute Gasteiger partial charge is 0.378 e. The van der Waals surface area contributed by atoms with Crippen LogP contribution in [0.3, 0.4) is 0 Å². The van der Waals surface area contributed by atoms with Crippen molar-refractivity contribution in [2.24, 2.45) is 5.73 Å². The van der Waals surface area contributed by atoms with E-state index >= 15 is 0 Å². The molecule has 3 aromatic rings. The van der Waals surface area contributed by atoms with Crippen LogP contribution in [-0.2, 0) is 22.2 Å². The Morgan fingerprint density at radius 3 is 1.94 bits per heavy atom. The van der Waals surface area contributed by atoms with E-state index in [1.54, 1.807) is 54.6 Å². The van der Waals surface area contributed by atoms with Crippen LogP contribution in [0.2, 0.25) is 0 Å². The van der Waals surface area contributed by atoms with Crippen LogP contribution in [-0.4, -0.2) is 28.7 Å². The van der Waals surface area contributed by atoms with E-state index < -0.39 is 35.7 Å². The number of halogens is 3. The van der Waals surface area contributed by atoms with Crippen LogP contribution >= 0.6 is 0 Å². The highest BCUT2D eigenvalue weighted by atomic mass is 19.4. The van der Waals surface area contributed by atoms with E-state index in [0.29, 0.717) is 16.7 Å². The summed E-state index contributed by atoms with van der Waals surface area (Å²) in [6.07, 6.45) is -6.36. The molecule has 0 spiro atoms. The minimum atomic E-state index is -4.55. The highest BCUT2D eigenvalue weighted by Crippen LogP contribution is 2.30. The number of aliphatic hydroxyl groups excluding tert-OH is 1. The van der Waals surface area contributed by atoms with Crippen LogP contribution in [0.25, 0.3) is 0 Å². The first-order chi connectivity index (χ1) is 16.1. The van der Waals surface area contributed by atoms with Gasteiger partial charge in [0.05, 0.1) is 5.56 Å². The fourth-order valence-corrected chi connectivity index (χ4v) is 3.26. The summed E-state index contributed by atoms with van der Waals surface area (Å²) in [6, 6.07) is 17.3. The van der Waals surface area contributed by atoms with E-state index in [9.17, 15) is 32.7 Å². The number of nitrogens with one attached hydrogen (secondary N) is 1. The van der Waals surface area contributed by atoms with Crippen LogP contribution < -0.4 is 11.1 Å². The summed E-state index contributed by atoms with van der Waals surface area (Å²) < 4.78 is 38.1. The van der Waals surface area contributed by atoms with E-state index in [1.165, 1.54) is 0 Å². The number of carbonyl (C=O) groups excluding carboxylic acids is 3. The molecule has 6 nitrogen and oxygen atoms in total. The van der Waals surface area contributed by atoms with E-state index in [-0.39, 0.29) is 17.8 Å². The second-order valence-electron chi connectivity index (χ2n) is 7.58. The fraction of sp³-hybridized carbons (Fsp3) is 0.160. The fourth-order valence-electron chi connectivity index (χ4n) is 3.26. The highest BCUT2D eigenvalue weighted by Gasteiger charge is 2.31. The first kappa shape index (κ1) is 24.7. The van der Waals surface area contributed by atoms with Gasteiger partial charge in [-0.3, -0.25) is 14.4 Å². The number of ketones is 1. The van der Waals surface area contributed by atoms with E-state index in [0.717, 1.165) is 24.3 Å². The van der Waals surface area contributed by atoms with Crippen molar-refractivity contribution in [3.05, 3.63) is 107 Å². The number of nitrogens with two attached hydrogens (primary N) is 1. The molecule has 0 saturated heterocycles. The monoisotopic (exact) mass is 470 g/mol. The van der Waals surface area contributed by atoms with Gasteiger partial charge in [-0.2, -0.15) is 13.2 Å². The standard InChI is InChI=1S/C25H21F3N2O4/c26-25(27,28)19-12-10-18(11-13-19)22(32)24(34)30-20(23(29)33)14-15-6-8-17(9-7-15)21(31)16-4-2-1-3-5-16/h1-13,20,22,32H,14H2,(H2,29,33)(H,30,34)/t20-,22+/m0/s1. The molecule has 0 unspecified atom stereocenters. The van der Waals surface area contributed by atoms with Gasteiger partial charge in [0.1, 0.15) is 6.04 Å². The zero-order chi connectivity index (χ0) is 24.9. The Morgan fingerprint density at radius 2 is 1.41 bits per heavy atom. The second kappa shape index (κ2) is 10.3. The van der Waals surface area contributed by atoms with Gasteiger partial charge in [-0.05, 0) is 23.3 Å². The minimum absolute atomic E-state index is 0.0133. The molecule has 4 N–H and O–H groups in total. The predicted molar refractivity (Wildman–Crippen MR) is 118 cm³/mol. The maximum absolute atomic E-state index is 12.7. The summed E-state index contributed by atoms with van der Waals surface area (Å²) in [5.74, 6) is -2.02. The Balaban J connectivity index is 1.66. The molecule has 0 aliphatic heterocycles. The molecule has 0 bridgehead atoms. The van der Waals surface area contributed by atoms with Crippen molar-refractivity contribution in [2.45, 2.75) is 24.7 Å². The van der Waals surface area contributed by atoms with E-state index in [4.69, 9.17) is 5.73 Å². The van der Waals surface area contributed by atoms with Crippen LogP contribution in [0.4, 0.5) is 13.2 Å². The Morgan fingerprint density at radius 1 is 0.853 bits per heavy atom. The molecule has 0 aliphatic rings. The van der Waals surface area contributed by atoms with Crippen LogP contribution in [0.15, 0.2) is 78.9 Å². The van der Waals surface area contributed by atoms with Crippen LogP contribution in [0.1, 0.15) is 38.7 Å². The third-order valence-corrected chi connectivity index (χ3v) is 5.15. The number of hydrogen-bond donors (Lipinski definition) is 3. The minimum Gasteiger partial charge on any atom is -0.378 e. The van der Waals surface area contributed by atoms with Gasteiger partial charge >= 0.3 is 6.18 Å². The summed E-state index contributed by atoms with van der Waals surface area (Å²) in [4.78, 5) is 36.8. The lowest BCUT2D eigenvalue weighted by molar-refractivity contribution is -0.137. The number of carbonyl (C=O) groups is 3. The number of rotatable bonds is 8. The molecule has 2 atom stereocenters. The molecule has 0 aliphatic carbocycles. The highest BCUT2D eigenvalue weighted by molar-refractivity contribution is 6.08. The van der Waals surface area contributed by atoms with E-state index in [2.05, 4.69) is 5.32 Å². The summed E-state index contributed by atoms with van der Waals surface area (Å²) in [5, 5.41) is 12.5. The van der Waals surface area contributed by atoms with Gasteiger partial charge in [0.25, 0.3) is 5.91 Å². The SMILES string of the molecule is NC(=O)[C@H](Cc1ccc(C(=O)c2ccccc2)cc1)NC(=O)[C@H](O)c1ccc(C(F)(F)F)cc1. The zero-order valence-corrected chi connectivity index (χ0v) is 17.8. The molecule has 2 amide bonds. The van der Waals surface area contributed by atoms with Crippen molar-refractivity contribution in [3.8, 4) is 0 Å². The molecule has 0 aromatic heterocycles. The Bertz CT molecular complexity index is 1160. The Hall–Kier alpha value is -3.98. The number of alkyl halides is 3. The lowest BCUT2D eigenvalue weighted by Crippen LogP contribution is -2.47. The Labute approximate surface area is 193 Å². The Kier molecular flexibility index (Phi) is 7.47. The number of benzene rings is 3. The normalized spacial score (nSPS) is 13.1. The van der Waals surface area contributed by atoms with Gasteiger partial charge in [-0.25, -0.2) is 0 Å². The molecule has 3 aromatic carbocycles. The molecule has 0 radical (unpaired) electrons. The average Bonchev–Trinajstić information content (AvgIpc) is 2.83. The second-order valence-corrected chi connectivity index (χ2v) is 7.58. The van der Waals surface area contributed by atoms with Gasteiger partial charge in [0.2, 0.25) is 5.91 Å². The largest absolute Gasteiger partial charge is 0.416 e. The molecule has 0 heterocycles. The van der Waals surface area contributed by atoms with Crippen molar-refractivity contribution in [1.82, 2.24) is 5.32 Å². The van der Waals surface area contributed by atoms with Crippen molar-refractivity contribution in [1.29, 1.82) is 0 Å². The third-order valence-electron chi connectivity index (χ3n) is 5.15. The first-order valence-corrected chi connectivity index (χ1v) is 10.2. The first-order valence-electron chi connectivity index (χ1n) is 10.2. The van der Waals surface area contributed by atoms with Crippen molar-refractivity contribution >= 4 is 17.6 Å². The molecule has 34 heavy (non-hydrogen) atoms. The molecule has 0 saturated carbocycles. The summed E-state index contributed by atoms with van der Waals surface area (Å²) in [5.41, 5.74) is 5.94.